The van der Waals surface area contributed by atoms with Crippen LogP contribution in [0.2, 0.25) is 0 Å². The molecular formula is C13H15BO2. The van der Waals surface area contributed by atoms with Crippen LogP contribution in [0.1, 0.15) is 19.4 Å². The largest absolute Gasteiger partial charge is 0.458 e. The van der Waals surface area contributed by atoms with Gasteiger partial charge in [0, 0.05) is 0 Å². The first-order valence-corrected chi connectivity index (χ1v) is 5.17. The zero-order valence-electron chi connectivity index (χ0n) is 9.60. The lowest BCUT2D eigenvalue weighted by Crippen LogP contribution is -2.10. The molecule has 3 heteroatoms. The number of allylic oxidation sites excluding steroid dienone is 3. The number of hydrogen-bond donors (Lipinski definition) is 1. The van der Waals surface area contributed by atoms with Gasteiger partial charge in [-0.05, 0) is 43.7 Å². The molecule has 0 atom stereocenters. The van der Waals surface area contributed by atoms with Crippen molar-refractivity contribution < 1.29 is 9.84 Å². The average molecular weight is 214 g/mol. The van der Waals surface area contributed by atoms with Crippen molar-refractivity contribution in [2.45, 2.75) is 20.5 Å². The summed E-state index contributed by atoms with van der Waals surface area (Å²) in [6.45, 7) is 3.74. The second-order valence-electron chi connectivity index (χ2n) is 3.31. The van der Waals surface area contributed by atoms with Crippen LogP contribution in [0.4, 0.5) is 0 Å². The highest BCUT2D eigenvalue weighted by atomic mass is 16.5. The molecule has 0 fully saturated rings. The van der Waals surface area contributed by atoms with E-state index < -0.39 is 0 Å². The summed E-state index contributed by atoms with van der Waals surface area (Å²) in [6.07, 6.45) is 5.64. The minimum absolute atomic E-state index is 0.0855. The van der Waals surface area contributed by atoms with Gasteiger partial charge in [0.1, 0.15) is 19.4 Å². The van der Waals surface area contributed by atoms with E-state index in [0.29, 0.717) is 16.8 Å². The zero-order valence-corrected chi connectivity index (χ0v) is 9.60. The summed E-state index contributed by atoms with van der Waals surface area (Å²) in [5, 5.41) is 9.07. The molecule has 82 valence electrons. The first kappa shape index (κ1) is 12.6. The van der Waals surface area contributed by atoms with Gasteiger partial charge >= 0.3 is 0 Å². The monoisotopic (exact) mass is 214 g/mol. The van der Waals surface area contributed by atoms with Gasteiger partial charge in [0.05, 0.1) is 6.61 Å². The third-order valence-corrected chi connectivity index (χ3v) is 2.14. The summed E-state index contributed by atoms with van der Waals surface area (Å²) in [5.41, 5.74) is 1.25. The van der Waals surface area contributed by atoms with Crippen molar-refractivity contribution in [3.8, 4) is 5.75 Å². The van der Waals surface area contributed by atoms with Crippen LogP contribution in [0.5, 0.6) is 5.75 Å². The van der Waals surface area contributed by atoms with E-state index in [1.54, 1.807) is 18.2 Å². The van der Waals surface area contributed by atoms with Gasteiger partial charge in [0.25, 0.3) is 0 Å². The molecule has 0 heterocycles. The number of hydrogen-bond acceptors (Lipinski definition) is 2. The Hall–Kier alpha value is -1.48. The van der Waals surface area contributed by atoms with Gasteiger partial charge in [-0.1, -0.05) is 17.6 Å². The fraction of sp³-hybridized carbons (Fsp3) is 0.231. The van der Waals surface area contributed by atoms with Gasteiger partial charge in [0.15, 0.2) is 0 Å². The lowest BCUT2D eigenvalue weighted by molar-refractivity contribution is 0.282. The highest BCUT2D eigenvalue weighted by Gasteiger charge is 2.01. The normalized spacial score (nSPS) is 12.1. The van der Waals surface area contributed by atoms with Crippen LogP contribution in [0.3, 0.4) is 0 Å². The predicted octanol–water partition coefficient (Wildman–Crippen LogP) is 1.83. The van der Waals surface area contributed by atoms with Crippen LogP contribution in [0, 0.1) is 0 Å². The summed E-state index contributed by atoms with van der Waals surface area (Å²) >= 11 is 0. The fourth-order valence-electron chi connectivity index (χ4n) is 1.27. The van der Waals surface area contributed by atoms with E-state index in [1.807, 2.05) is 32.1 Å². The van der Waals surface area contributed by atoms with E-state index in [0.717, 1.165) is 5.76 Å². The maximum absolute atomic E-state index is 9.07. The molecule has 2 nitrogen and oxygen atoms in total. The SMILES string of the molecule is [B]c1ccc(OC(/C=C\C)=C/C)cc1CO. The molecule has 16 heavy (non-hydrogen) atoms. The molecule has 1 rings (SSSR count). The van der Waals surface area contributed by atoms with Crippen LogP contribution in [-0.4, -0.2) is 13.0 Å². The van der Waals surface area contributed by atoms with Crippen molar-refractivity contribution in [1.29, 1.82) is 0 Å². The molecule has 0 aliphatic rings. The standard InChI is InChI=1S/C13H15BO2/c1-3-5-11(4-2)16-12-6-7-13(14)10(8-12)9-15/h3-8,15H,9H2,1-2H3/b5-3-,11-4+. The maximum Gasteiger partial charge on any atom is 0.127 e. The van der Waals surface area contributed by atoms with Gasteiger partial charge < -0.3 is 9.84 Å². The van der Waals surface area contributed by atoms with Crippen molar-refractivity contribution >= 4 is 13.3 Å². The minimum atomic E-state index is -0.0855. The highest BCUT2D eigenvalue weighted by molar-refractivity contribution is 6.33. The van der Waals surface area contributed by atoms with Crippen LogP contribution in [0.15, 0.2) is 42.2 Å². The first-order chi connectivity index (χ1) is 7.71. The molecule has 1 N–H and O–H groups in total. The molecule has 0 spiro atoms. The summed E-state index contributed by atoms with van der Waals surface area (Å²) < 4.78 is 5.61. The third-order valence-electron chi connectivity index (χ3n) is 2.14. The van der Waals surface area contributed by atoms with Crippen LogP contribution < -0.4 is 10.2 Å². The van der Waals surface area contributed by atoms with E-state index in [1.165, 1.54) is 0 Å². The zero-order chi connectivity index (χ0) is 12.0. The Labute approximate surface area is 97.7 Å². The molecule has 1 aromatic rings. The molecule has 0 aliphatic heterocycles. The molecule has 0 saturated carbocycles. The predicted molar refractivity (Wildman–Crippen MR) is 67.0 cm³/mol. The third kappa shape index (κ3) is 3.28. The van der Waals surface area contributed by atoms with E-state index >= 15 is 0 Å². The summed E-state index contributed by atoms with van der Waals surface area (Å²) in [4.78, 5) is 0. The van der Waals surface area contributed by atoms with Crippen LogP contribution in [0.25, 0.3) is 0 Å². The van der Waals surface area contributed by atoms with Gasteiger partial charge in [-0.2, -0.15) is 0 Å². The van der Waals surface area contributed by atoms with Crippen molar-refractivity contribution in [3.63, 3.8) is 0 Å². The Morgan fingerprint density at radius 3 is 2.75 bits per heavy atom. The first-order valence-electron chi connectivity index (χ1n) is 5.17. The lowest BCUT2D eigenvalue weighted by Gasteiger charge is -2.09. The van der Waals surface area contributed by atoms with Gasteiger partial charge in [0.2, 0.25) is 0 Å². The molecule has 0 aliphatic carbocycles. The fourth-order valence-corrected chi connectivity index (χ4v) is 1.27. The van der Waals surface area contributed by atoms with Crippen molar-refractivity contribution in [3.05, 3.63) is 47.7 Å². The second-order valence-corrected chi connectivity index (χ2v) is 3.31. The molecule has 0 unspecified atom stereocenters. The van der Waals surface area contributed by atoms with Crippen molar-refractivity contribution in [2.75, 3.05) is 0 Å². The molecule has 0 aromatic heterocycles. The number of rotatable bonds is 4. The summed E-state index contributed by atoms with van der Waals surface area (Å²) in [6, 6.07) is 5.24. The van der Waals surface area contributed by atoms with Crippen molar-refractivity contribution in [2.24, 2.45) is 0 Å². The smallest absolute Gasteiger partial charge is 0.127 e. The van der Waals surface area contributed by atoms with E-state index in [4.69, 9.17) is 17.7 Å². The maximum atomic E-state index is 9.07. The van der Waals surface area contributed by atoms with E-state index in [9.17, 15) is 0 Å². The molecular weight excluding hydrogens is 199 g/mol. The summed E-state index contributed by atoms with van der Waals surface area (Å²) in [5.74, 6) is 1.43. The Bertz CT molecular complexity index is 408. The van der Waals surface area contributed by atoms with Gasteiger partial charge in [-0.15, -0.1) is 0 Å². The quantitative estimate of drug-likeness (QED) is 0.470. The second kappa shape index (κ2) is 6.18. The van der Waals surface area contributed by atoms with E-state index in [-0.39, 0.29) is 6.61 Å². The molecule has 0 saturated heterocycles. The molecule has 1 aromatic carbocycles. The molecule has 2 radical (unpaired) electrons. The Morgan fingerprint density at radius 2 is 2.19 bits per heavy atom. The average Bonchev–Trinajstić information content (AvgIpc) is 2.30. The number of benzene rings is 1. The van der Waals surface area contributed by atoms with Crippen LogP contribution >= 0.6 is 0 Å². The number of aliphatic hydroxyl groups is 1. The Balaban J connectivity index is 2.89. The van der Waals surface area contributed by atoms with Gasteiger partial charge in [-0.25, -0.2) is 0 Å². The molecule has 0 amide bonds. The number of aliphatic hydroxyl groups excluding tert-OH is 1. The lowest BCUT2D eigenvalue weighted by atomic mass is 9.91. The minimum Gasteiger partial charge on any atom is -0.458 e. The van der Waals surface area contributed by atoms with Crippen molar-refractivity contribution in [1.82, 2.24) is 0 Å². The van der Waals surface area contributed by atoms with E-state index in [2.05, 4.69) is 0 Å². The Kier molecular flexibility index (Phi) is 4.87. The number of ether oxygens (including phenoxy) is 1. The van der Waals surface area contributed by atoms with Gasteiger partial charge in [-0.3, -0.25) is 0 Å². The summed E-state index contributed by atoms with van der Waals surface area (Å²) in [7, 11) is 5.68. The van der Waals surface area contributed by atoms with Crippen LogP contribution in [-0.2, 0) is 6.61 Å². The highest BCUT2D eigenvalue weighted by Crippen LogP contribution is 2.15. The Morgan fingerprint density at radius 1 is 1.44 bits per heavy atom. The topological polar surface area (TPSA) is 29.5 Å². The molecule has 0 bridgehead atoms.